The van der Waals surface area contributed by atoms with E-state index in [1.54, 1.807) is 25.3 Å². The fourth-order valence-corrected chi connectivity index (χ4v) is 2.19. The van der Waals surface area contributed by atoms with E-state index in [2.05, 4.69) is 15.0 Å². The smallest absolute Gasteiger partial charge is 0.329 e. The molecule has 4 N–H and O–H groups in total. The highest BCUT2D eigenvalue weighted by Crippen LogP contribution is 2.26. The molecule has 0 saturated heterocycles. The summed E-state index contributed by atoms with van der Waals surface area (Å²) in [6.07, 6.45) is 1.59. The van der Waals surface area contributed by atoms with Crippen molar-refractivity contribution < 1.29 is 9.18 Å². The van der Waals surface area contributed by atoms with E-state index in [9.17, 15) is 9.18 Å². The summed E-state index contributed by atoms with van der Waals surface area (Å²) in [6, 6.07) is 4.22. The van der Waals surface area contributed by atoms with Gasteiger partial charge in [-0.1, -0.05) is 0 Å². The number of carbonyl (C=O) groups excluding carboxylic acids is 1. The molecule has 0 radical (unpaired) electrons. The number of benzene rings is 1. The number of hydrogen-bond donors (Lipinski definition) is 3. The summed E-state index contributed by atoms with van der Waals surface area (Å²) in [7, 11) is 0. The van der Waals surface area contributed by atoms with Crippen LogP contribution in [0.5, 0.6) is 0 Å². The summed E-state index contributed by atoms with van der Waals surface area (Å²) < 4.78 is 16.5. The van der Waals surface area contributed by atoms with Gasteiger partial charge < -0.3 is 11.1 Å². The molecule has 1 aromatic carbocycles. The molecule has 7 heteroatoms. The first-order chi connectivity index (χ1) is 9.63. The van der Waals surface area contributed by atoms with E-state index in [0.29, 0.717) is 28.9 Å². The molecule has 0 spiro atoms. The number of fused-ring (bicyclic) bond motifs is 1. The number of carbonyl (C=O) groups is 1. The van der Waals surface area contributed by atoms with E-state index in [0.717, 1.165) is 5.56 Å². The minimum absolute atomic E-state index is 0.402. The lowest BCUT2D eigenvalue weighted by Gasteiger charge is -2.11. The van der Waals surface area contributed by atoms with Gasteiger partial charge in [0.05, 0.1) is 11.2 Å². The highest BCUT2D eigenvalue weighted by Gasteiger charge is 2.11. The number of halogens is 1. The van der Waals surface area contributed by atoms with Crippen LogP contribution in [0.15, 0.2) is 24.4 Å². The lowest BCUT2D eigenvalue weighted by atomic mass is 10.1. The summed E-state index contributed by atoms with van der Waals surface area (Å²) in [5.41, 5.74) is 6.99. The predicted molar refractivity (Wildman–Crippen MR) is 80.1 cm³/mol. The van der Waals surface area contributed by atoms with Gasteiger partial charge in [-0.3, -0.25) is 9.71 Å². The predicted octanol–water partition coefficient (Wildman–Crippen LogP) is 2.41. The maximum absolute atomic E-state index is 14.0. The van der Waals surface area contributed by atoms with E-state index in [1.807, 2.05) is 0 Å². The second-order valence-corrected chi connectivity index (χ2v) is 5.02. The fourth-order valence-electron chi connectivity index (χ4n) is 1.79. The Balaban J connectivity index is 2.22. The number of aromatic nitrogens is 1. The zero-order valence-electron chi connectivity index (χ0n) is 10.9. The Morgan fingerprint density at radius 3 is 3.10 bits per heavy atom. The zero-order chi connectivity index (χ0) is 14.5. The van der Waals surface area contributed by atoms with Crippen molar-refractivity contribution in [3.8, 4) is 0 Å². The van der Waals surface area contributed by atoms with Crippen LogP contribution in [0, 0.1) is 12.7 Å². The SMILES string of the molecule is Cc1c(NC(=O)NSCCN)cc(F)c2cccnc12. The van der Waals surface area contributed by atoms with Crippen molar-refractivity contribution in [3.05, 3.63) is 35.8 Å². The second kappa shape index (κ2) is 6.53. The first kappa shape index (κ1) is 14.5. The van der Waals surface area contributed by atoms with Gasteiger partial charge in [-0.05, 0) is 42.6 Å². The van der Waals surface area contributed by atoms with Crippen LogP contribution in [0.1, 0.15) is 5.56 Å². The Morgan fingerprint density at radius 1 is 1.55 bits per heavy atom. The van der Waals surface area contributed by atoms with Crippen molar-refractivity contribution in [2.45, 2.75) is 6.92 Å². The van der Waals surface area contributed by atoms with Crippen molar-refractivity contribution >= 4 is 34.6 Å². The van der Waals surface area contributed by atoms with Crippen LogP contribution in [-0.4, -0.2) is 23.3 Å². The molecular weight excluding hydrogens is 279 g/mol. The molecule has 20 heavy (non-hydrogen) atoms. The van der Waals surface area contributed by atoms with Gasteiger partial charge in [-0.25, -0.2) is 9.18 Å². The third-order valence-corrected chi connectivity index (χ3v) is 3.50. The van der Waals surface area contributed by atoms with Gasteiger partial charge in [0.25, 0.3) is 0 Å². The quantitative estimate of drug-likeness (QED) is 0.597. The molecule has 0 atom stereocenters. The zero-order valence-corrected chi connectivity index (χ0v) is 11.8. The second-order valence-electron chi connectivity index (χ2n) is 4.12. The summed E-state index contributed by atoms with van der Waals surface area (Å²) in [5.74, 6) is 0.198. The first-order valence-corrected chi connectivity index (χ1v) is 7.04. The number of nitrogens with two attached hydrogens (primary N) is 1. The lowest BCUT2D eigenvalue weighted by molar-refractivity contribution is 0.257. The number of urea groups is 1. The van der Waals surface area contributed by atoms with Gasteiger partial charge in [-0.15, -0.1) is 0 Å². The van der Waals surface area contributed by atoms with Crippen LogP contribution in [0.4, 0.5) is 14.9 Å². The number of amides is 2. The Kier molecular flexibility index (Phi) is 4.75. The number of nitrogens with zero attached hydrogens (tertiary/aromatic N) is 1. The normalized spacial score (nSPS) is 10.6. The van der Waals surface area contributed by atoms with Crippen LogP contribution in [0.25, 0.3) is 10.9 Å². The van der Waals surface area contributed by atoms with Gasteiger partial charge >= 0.3 is 6.03 Å². The van der Waals surface area contributed by atoms with Gasteiger partial charge in [0, 0.05) is 23.9 Å². The van der Waals surface area contributed by atoms with Crippen LogP contribution < -0.4 is 15.8 Å². The van der Waals surface area contributed by atoms with E-state index in [4.69, 9.17) is 5.73 Å². The molecule has 0 saturated carbocycles. The van der Waals surface area contributed by atoms with Crippen molar-refractivity contribution in [3.63, 3.8) is 0 Å². The van der Waals surface area contributed by atoms with Gasteiger partial charge in [-0.2, -0.15) is 0 Å². The molecule has 0 aliphatic heterocycles. The number of nitrogens with one attached hydrogen (secondary N) is 2. The lowest BCUT2D eigenvalue weighted by Crippen LogP contribution is -2.24. The van der Waals surface area contributed by atoms with Gasteiger partial charge in [0.15, 0.2) is 0 Å². The molecule has 106 valence electrons. The molecular formula is C13H15FN4OS. The van der Waals surface area contributed by atoms with Crippen LogP contribution >= 0.6 is 11.9 Å². The Bertz CT molecular complexity index is 635. The maximum Gasteiger partial charge on any atom is 0.329 e. The van der Waals surface area contributed by atoms with Crippen molar-refractivity contribution in [1.82, 2.24) is 9.71 Å². The molecule has 0 aliphatic carbocycles. The Labute approximate surface area is 120 Å². The number of pyridine rings is 1. The molecule has 0 bridgehead atoms. The average Bonchev–Trinajstić information content (AvgIpc) is 2.45. The average molecular weight is 294 g/mol. The van der Waals surface area contributed by atoms with Crippen LogP contribution in [0.2, 0.25) is 0 Å². The molecule has 2 amide bonds. The topological polar surface area (TPSA) is 80.0 Å². The van der Waals surface area contributed by atoms with Crippen LogP contribution in [-0.2, 0) is 0 Å². The highest BCUT2D eigenvalue weighted by molar-refractivity contribution is 7.97. The molecule has 0 unspecified atom stereocenters. The Morgan fingerprint density at radius 2 is 2.35 bits per heavy atom. The maximum atomic E-state index is 14.0. The molecule has 0 fully saturated rings. The standard InChI is InChI=1S/C13H15FN4OS/c1-8-11(17-13(19)18-20-6-4-15)7-10(14)9-3-2-5-16-12(8)9/h2-3,5,7H,4,6,15H2,1H3,(H2,17,18,19). The van der Waals surface area contributed by atoms with E-state index in [-0.39, 0.29) is 0 Å². The molecule has 1 aromatic heterocycles. The molecule has 5 nitrogen and oxygen atoms in total. The number of rotatable bonds is 4. The minimum atomic E-state index is -0.416. The van der Waals surface area contributed by atoms with E-state index >= 15 is 0 Å². The highest BCUT2D eigenvalue weighted by atomic mass is 32.2. The molecule has 0 aliphatic rings. The van der Waals surface area contributed by atoms with Crippen molar-refractivity contribution in [1.29, 1.82) is 0 Å². The third kappa shape index (κ3) is 3.17. The Hall–Kier alpha value is -1.86. The van der Waals surface area contributed by atoms with Gasteiger partial charge in [0.1, 0.15) is 5.82 Å². The number of aryl methyl sites for hydroxylation is 1. The third-order valence-electron chi connectivity index (χ3n) is 2.73. The number of hydrogen-bond acceptors (Lipinski definition) is 4. The summed E-state index contributed by atoms with van der Waals surface area (Å²) in [4.78, 5) is 15.8. The summed E-state index contributed by atoms with van der Waals surface area (Å²) >= 11 is 1.20. The molecule has 2 rings (SSSR count). The summed E-state index contributed by atoms with van der Waals surface area (Å²) in [6.45, 7) is 2.26. The van der Waals surface area contributed by atoms with Gasteiger partial charge in [0.2, 0.25) is 0 Å². The molecule has 2 aromatic rings. The molecule has 1 heterocycles. The summed E-state index contributed by atoms with van der Waals surface area (Å²) in [5, 5.41) is 3.05. The minimum Gasteiger partial charge on any atom is -0.330 e. The fraction of sp³-hybridized carbons (Fsp3) is 0.231. The van der Waals surface area contributed by atoms with Crippen LogP contribution in [0.3, 0.4) is 0 Å². The van der Waals surface area contributed by atoms with E-state index < -0.39 is 11.8 Å². The monoisotopic (exact) mass is 294 g/mol. The van der Waals surface area contributed by atoms with Crippen molar-refractivity contribution in [2.75, 3.05) is 17.6 Å². The first-order valence-electron chi connectivity index (χ1n) is 6.06. The largest absolute Gasteiger partial charge is 0.330 e. The van der Waals surface area contributed by atoms with E-state index in [1.165, 1.54) is 18.0 Å². The van der Waals surface area contributed by atoms with Crippen molar-refractivity contribution in [2.24, 2.45) is 5.73 Å². The number of anilines is 1.